The quantitative estimate of drug-likeness (QED) is 0.537. The number of nitrogens with zero attached hydrogens (tertiary/aromatic N) is 3. The molecule has 0 radical (unpaired) electrons. The minimum absolute atomic E-state index is 0.0959. The van der Waals surface area contributed by atoms with Gasteiger partial charge in [-0.15, -0.1) is 0 Å². The number of nitrogens with one attached hydrogen (secondary N) is 2. The molecule has 2 aromatic heterocycles. The number of carbonyl (C=O) groups is 2. The van der Waals surface area contributed by atoms with E-state index in [-0.39, 0.29) is 23.9 Å². The fourth-order valence-corrected chi connectivity index (χ4v) is 3.92. The first-order valence-electron chi connectivity index (χ1n) is 11.2. The SMILES string of the molecule is CCN(CC)C(=O)Cn1ccc2cc(NC(=O)NC(c3ncccc3C)C(C)C)ccc21. The Kier molecular flexibility index (Phi) is 7.51. The number of hydrogen-bond acceptors (Lipinski definition) is 3. The zero-order chi connectivity index (χ0) is 23.3. The molecule has 0 spiro atoms. The Hall–Kier alpha value is -3.35. The van der Waals surface area contributed by atoms with Crippen LogP contribution >= 0.6 is 0 Å². The summed E-state index contributed by atoms with van der Waals surface area (Å²) in [4.78, 5) is 31.5. The Labute approximate surface area is 189 Å². The maximum Gasteiger partial charge on any atom is 0.319 e. The first-order valence-corrected chi connectivity index (χ1v) is 11.2. The van der Waals surface area contributed by atoms with Gasteiger partial charge in [0.1, 0.15) is 6.54 Å². The Morgan fingerprint density at radius 2 is 1.88 bits per heavy atom. The molecule has 0 bridgehead atoms. The Balaban J connectivity index is 1.71. The van der Waals surface area contributed by atoms with Gasteiger partial charge >= 0.3 is 6.03 Å². The number of pyridine rings is 1. The number of rotatable bonds is 8. The summed E-state index contributed by atoms with van der Waals surface area (Å²) in [5, 5.41) is 6.96. The Morgan fingerprint density at radius 1 is 1.12 bits per heavy atom. The van der Waals surface area contributed by atoms with Gasteiger partial charge in [0.2, 0.25) is 5.91 Å². The van der Waals surface area contributed by atoms with Crippen molar-refractivity contribution in [3.8, 4) is 0 Å². The fraction of sp³-hybridized carbons (Fsp3) is 0.400. The van der Waals surface area contributed by atoms with Gasteiger partial charge < -0.3 is 20.1 Å². The van der Waals surface area contributed by atoms with E-state index in [9.17, 15) is 9.59 Å². The van der Waals surface area contributed by atoms with Gasteiger partial charge in [0, 0.05) is 42.1 Å². The molecule has 1 atom stereocenters. The number of aryl methyl sites for hydroxylation is 1. The first kappa shape index (κ1) is 23.3. The van der Waals surface area contributed by atoms with E-state index < -0.39 is 0 Å². The highest BCUT2D eigenvalue weighted by Crippen LogP contribution is 2.24. The average molecular weight is 436 g/mol. The maximum absolute atomic E-state index is 12.7. The Bertz CT molecular complexity index is 1080. The second kappa shape index (κ2) is 10.3. The predicted molar refractivity (Wildman–Crippen MR) is 129 cm³/mol. The summed E-state index contributed by atoms with van der Waals surface area (Å²) in [5.74, 6) is 0.285. The fourth-order valence-electron chi connectivity index (χ4n) is 3.92. The molecule has 1 unspecified atom stereocenters. The molecule has 0 aliphatic rings. The summed E-state index contributed by atoms with van der Waals surface area (Å²) in [7, 11) is 0. The van der Waals surface area contributed by atoms with Crippen LogP contribution in [0.5, 0.6) is 0 Å². The van der Waals surface area contributed by atoms with Crippen LogP contribution in [0.25, 0.3) is 10.9 Å². The van der Waals surface area contributed by atoms with Crippen LogP contribution in [0.2, 0.25) is 0 Å². The van der Waals surface area contributed by atoms with Gasteiger partial charge in [0.15, 0.2) is 0 Å². The number of benzene rings is 1. The molecule has 0 aliphatic heterocycles. The van der Waals surface area contributed by atoms with Crippen molar-refractivity contribution in [2.24, 2.45) is 5.92 Å². The summed E-state index contributed by atoms with van der Waals surface area (Å²) in [6.07, 6.45) is 3.66. The van der Waals surface area contributed by atoms with Crippen molar-refractivity contribution in [1.82, 2.24) is 19.8 Å². The van der Waals surface area contributed by atoms with Crippen molar-refractivity contribution >= 4 is 28.5 Å². The van der Waals surface area contributed by atoms with Gasteiger partial charge in [-0.3, -0.25) is 9.78 Å². The van der Waals surface area contributed by atoms with E-state index in [0.29, 0.717) is 25.3 Å². The van der Waals surface area contributed by atoms with Gasteiger partial charge in [-0.05, 0) is 62.6 Å². The molecule has 0 saturated heterocycles. The minimum atomic E-state index is -0.274. The standard InChI is InChI=1S/C25H33N5O2/c1-6-29(7-2)22(31)16-30-14-12-19-15-20(10-11-21(19)30)27-25(32)28-23(17(3)4)24-18(5)9-8-13-26-24/h8-15,17,23H,6-7,16H2,1-5H3,(H2,27,28,32). The van der Waals surface area contributed by atoms with Crippen LogP contribution in [0.15, 0.2) is 48.8 Å². The van der Waals surface area contributed by atoms with E-state index in [0.717, 1.165) is 22.2 Å². The molecule has 170 valence electrons. The van der Waals surface area contributed by atoms with Gasteiger partial charge in [0.05, 0.1) is 11.7 Å². The van der Waals surface area contributed by atoms with E-state index in [4.69, 9.17) is 0 Å². The Morgan fingerprint density at radius 3 is 2.53 bits per heavy atom. The smallest absolute Gasteiger partial charge is 0.319 e. The normalized spacial score (nSPS) is 12.1. The number of carbonyl (C=O) groups excluding carboxylic acids is 2. The zero-order valence-corrected chi connectivity index (χ0v) is 19.6. The van der Waals surface area contributed by atoms with Gasteiger partial charge in [-0.1, -0.05) is 19.9 Å². The summed E-state index contributed by atoms with van der Waals surface area (Å²) >= 11 is 0. The van der Waals surface area contributed by atoms with Crippen molar-refractivity contribution in [2.75, 3.05) is 18.4 Å². The molecule has 3 amide bonds. The number of anilines is 1. The molecule has 0 aliphatic carbocycles. The molecule has 32 heavy (non-hydrogen) atoms. The number of urea groups is 1. The lowest BCUT2D eigenvalue weighted by Gasteiger charge is -2.23. The van der Waals surface area contributed by atoms with Crippen LogP contribution in [0.3, 0.4) is 0 Å². The number of likely N-dealkylation sites (N-methyl/N-ethyl adjacent to an activating group) is 1. The van der Waals surface area contributed by atoms with E-state index >= 15 is 0 Å². The van der Waals surface area contributed by atoms with E-state index in [1.165, 1.54) is 0 Å². The number of aromatic nitrogens is 2. The van der Waals surface area contributed by atoms with Crippen LogP contribution in [0.4, 0.5) is 10.5 Å². The van der Waals surface area contributed by atoms with Crippen molar-refractivity contribution in [1.29, 1.82) is 0 Å². The summed E-state index contributed by atoms with van der Waals surface area (Å²) in [6, 6.07) is 11.1. The lowest BCUT2D eigenvalue weighted by atomic mass is 9.97. The molecule has 7 nitrogen and oxygen atoms in total. The number of hydrogen-bond donors (Lipinski definition) is 2. The van der Waals surface area contributed by atoms with Gasteiger partial charge in [-0.25, -0.2) is 4.79 Å². The molecule has 1 aromatic carbocycles. The van der Waals surface area contributed by atoms with Crippen molar-refractivity contribution in [3.63, 3.8) is 0 Å². The highest BCUT2D eigenvalue weighted by atomic mass is 16.2. The van der Waals surface area contributed by atoms with Crippen molar-refractivity contribution < 1.29 is 9.59 Å². The van der Waals surface area contributed by atoms with Crippen LogP contribution in [-0.2, 0) is 11.3 Å². The predicted octanol–water partition coefficient (Wildman–Crippen LogP) is 4.73. The summed E-state index contributed by atoms with van der Waals surface area (Å²) in [6.45, 7) is 11.8. The first-order chi connectivity index (χ1) is 15.3. The van der Waals surface area contributed by atoms with Crippen LogP contribution in [0.1, 0.15) is 45.0 Å². The third kappa shape index (κ3) is 5.28. The monoisotopic (exact) mass is 435 g/mol. The highest BCUT2D eigenvalue weighted by molar-refractivity contribution is 5.93. The second-order valence-corrected chi connectivity index (χ2v) is 8.31. The molecule has 7 heteroatoms. The lowest BCUT2D eigenvalue weighted by molar-refractivity contribution is -0.131. The largest absolute Gasteiger partial charge is 0.342 e. The third-order valence-corrected chi connectivity index (χ3v) is 5.75. The number of amides is 3. The molecule has 2 N–H and O–H groups in total. The van der Waals surface area contributed by atoms with Crippen LogP contribution < -0.4 is 10.6 Å². The van der Waals surface area contributed by atoms with E-state index in [1.54, 1.807) is 6.20 Å². The maximum atomic E-state index is 12.7. The molecule has 0 saturated carbocycles. The molecular weight excluding hydrogens is 402 g/mol. The molecule has 3 aromatic rings. The van der Waals surface area contributed by atoms with Gasteiger partial charge in [-0.2, -0.15) is 0 Å². The lowest BCUT2D eigenvalue weighted by Crippen LogP contribution is -2.36. The molecule has 3 rings (SSSR count). The van der Waals surface area contributed by atoms with Crippen molar-refractivity contribution in [3.05, 3.63) is 60.0 Å². The minimum Gasteiger partial charge on any atom is -0.342 e. The van der Waals surface area contributed by atoms with Crippen LogP contribution in [-0.4, -0.2) is 39.5 Å². The topological polar surface area (TPSA) is 79.3 Å². The van der Waals surface area contributed by atoms with E-state index in [2.05, 4.69) is 29.5 Å². The zero-order valence-electron chi connectivity index (χ0n) is 19.6. The molecule has 2 heterocycles. The third-order valence-electron chi connectivity index (χ3n) is 5.75. The molecule has 0 fully saturated rings. The molecular formula is C25H33N5O2. The van der Waals surface area contributed by atoms with E-state index in [1.807, 2.05) is 72.8 Å². The second-order valence-electron chi connectivity index (χ2n) is 8.31. The highest BCUT2D eigenvalue weighted by Gasteiger charge is 2.21. The van der Waals surface area contributed by atoms with Gasteiger partial charge in [0.25, 0.3) is 0 Å². The van der Waals surface area contributed by atoms with Crippen molar-refractivity contribution in [2.45, 2.75) is 47.2 Å². The summed E-state index contributed by atoms with van der Waals surface area (Å²) in [5.41, 5.74) is 3.58. The van der Waals surface area contributed by atoms with Crippen LogP contribution in [0, 0.1) is 12.8 Å². The number of fused-ring (bicyclic) bond motifs is 1. The average Bonchev–Trinajstić information content (AvgIpc) is 3.15. The summed E-state index contributed by atoms with van der Waals surface area (Å²) < 4.78 is 1.94.